The van der Waals surface area contributed by atoms with Gasteiger partial charge in [0, 0.05) is 6.04 Å². The first-order valence-corrected chi connectivity index (χ1v) is 6.19. The van der Waals surface area contributed by atoms with Crippen LogP contribution in [-0.4, -0.2) is 12.6 Å². The fourth-order valence-corrected chi connectivity index (χ4v) is 1.53. The Morgan fingerprint density at radius 3 is 2.65 bits per heavy atom. The molecule has 1 rings (SSSR count). The van der Waals surface area contributed by atoms with E-state index in [-0.39, 0.29) is 11.9 Å². The minimum absolute atomic E-state index is 0.0539. The third-order valence-electron chi connectivity index (χ3n) is 2.60. The van der Waals surface area contributed by atoms with Crippen LogP contribution in [0, 0.1) is 11.7 Å². The molecule has 0 aliphatic heterocycles. The van der Waals surface area contributed by atoms with E-state index in [1.165, 1.54) is 12.1 Å². The number of rotatable bonds is 6. The summed E-state index contributed by atoms with van der Waals surface area (Å²) in [6.07, 6.45) is 1.53. The van der Waals surface area contributed by atoms with Crippen molar-refractivity contribution in [1.29, 1.82) is 0 Å². The first-order chi connectivity index (χ1) is 8.02. The second-order valence-corrected chi connectivity index (χ2v) is 4.83. The molecular weight excluding hydrogens is 217 g/mol. The van der Waals surface area contributed by atoms with E-state index in [9.17, 15) is 4.39 Å². The summed E-state index contributed by atoms with van der Waals surface area (Å²) in [5.41, 5.74) is 6.76. The van der Waals surface area contributed by atoms with Gasteiger partial charge in [-0.1, -0.05) is 20.8 Å². The number of ether oxygens (including phenoxy) is 1. The van der Waals surface area contributed by atoms with E-state index in [4.69, 9.17) is 10.5 Å². The molecule has 1 aromatic rings. The van der Waals surface area contributed by atoms with Gasteiger partial charge in [-0.25, -0.2) is 4.39 Å². The zero-order valence-electron chi connectivity index (χ0n) is 10.9. The van der Waals surface area contributed by atoms with Crippen LogP contribution in [0.3, 0.4) is 0 Å². The summed E-state index contributed by atoms with van der Waals surface area (Å²) >= 11 is 0. The molecular formula is C14H22FNO. The molecule has 0 saturated heterocycles. The van der Waals surface area contributed by atoms with Crippen LogP contribution in [-0.2, 0) is 6.42 Å². The topological polar surface area (TPSA) is 35.2 Å². The Morgan fingerprint density at radius 1 is 1.35 bits per heavy atom. The largest absolute Gasteiger partial charge is 0.493 e. The monoisotopic (exact) mass is 239 g/mol. The second kappa shape index (κ2) is 6.60. The SMILES string of the molecule is CCC(N)Cc1cc(F)ccc1OCC(C)C. The number of hydrogen-bond acceptors (Lipinski definition) is 2. The molecule has 0 spiro atoms. The Labute approximate surface area is 103 Å². The molecule has 0 bridgehead atoms. The molecule has 96 valence electrons. The molecule has 1 aromatic carbocycles. The maximum absolute atomic E-state index is 13.2. The summed E-state index contributed by atoms with van der Waals surface area (Å²) in [4.78, 5) is 0. The van der Waals surface area contributed by atoms with Crippen molar-refractivity contribution >= 4 is 0 Å². The smallest absolute Gasteiger partial charge is 0.123 e. The van der Waals surface area contributed by atoms with Gasteiger partial charge in [-0.3, -0.25) is 0 Å². The molecule has 3 heteroatoms. The highest BCUT2D eigenvalue weighted by Gasteiger charge is 2.10. The Kier molecular flexibility index (Phi) is 5.42. The number of halogens is 1. The molecule has 0 heterocycles. The van der Waals surface area contributed by atoms with Crippen molar-refractivity contribution in [3.05, 3.63) is 29.6 Å². The van der Waals surface area contributed by atoms with Crippen molar-refractivity contribution in [2.75, 3.05) is 6.61 Å². The van der Waals surface area contributed by atoms with Gasteiger partial charge in [0.25, 0.3) is 0 Å². The fraction of sp³-hybridized carbons (Fsp3) is 0.571. The van der Waals surface area contributed by atoms with E-state index in [0.29, 0.717) is 18.9 Å². The van der Waals surface area contributed by atoms with Gasteiger partial charge in [-0.2, -0.15) is 0 Å². The molecule has 0 aromatic heterocycles. The molecule has 2 N–H and O–H groups in total. The molecule has 0 saturated carbocycles. The third kappa shape index (κ3) is 4.73. The van der Waals surface area contributed by atoms with E-state index in [1.807, 2.05) is 6.92 Å². The predicted octanol–water partition coefficient (Wildman–Crippen LogP) is 3.14. The van der Waals surface area contributed by atoms with E-state index >= 15 is 0 Å². The van der Waals surface area contributed by atoms with Gasteiger partial charge in [0.2, 0.25) is 0 Å². The van der Waals surface area contributed by atoms with E-state index in [2.05, 4.69) is 13.8 Å². The van der Waals surface area contributed by atoms with Gasteiger partial charge >= 0.3 is 0 Å². The van der Waals surface area contributed by atoms with E-state index < -0.39 is 0 Å². The van der Waals surface area contributed by atoms with Crippen molar-refractivity contribution in [2.45, 2.75) is 39.7 Å². The fourth-order valence-electron chi connectivity index (χ4n) is 1.53. The van der Waals surface area contributed by atoms with Crippen molar-refractivity contribution in [1.82, 2.24) is 0 Å². The minimum Gasteiger partial charge on any atom is -0.493 e. The van der Waals surface area contributed by atoms with Crippen LogP contribution in [0.2, 0.25) is 0 Å². The minimum atomic E-state index is -0.236. The van der Waals surface area contributed by atoms with Crippen molar-refractivity contribution in [3.63, 3.8) is 0 Å². The summed E-state index contributed by atoms with van der Waals surface area (Å²) in [5, 5.41) is 0. The molecule has 17 heavy (non-hydrogen) atoms. The van der Waals surface area contributed by atoms with Gasteiger partial charge in [-0.15, -0.1) is 0 Å². The van der Waals surface area contributed by atoms with Gasteiger partial charge in [0.15, 0.2) is 0 Å². The first kappa shape index (κ1) is 14.0. The number of benzene rings is 1. The quantitative estimate of drug-likeness (QED) is 0.827. The molecule has 1 unspecified atom stereocenters. The van der Waals surface area contributed by atoms with Crippen molar-refractivity contribution < 1.29 is 9.13 Å². The number of hydrogen-bond donors (Lipinski definition) is 1. The lowest BCUT2D eigenvalue weighted by molar-refractivity contribution is 0.267. The summed E-state index contributed by atoms with van der Waals surface area (Å²) in [6.45, 7) is 6.83. The highest BCUT2D eigenvalue weighted by atomic mass is 19.1. The molecule has 0 aliphatic rings. The van der Waals surface area contributed by atoms with Gasteiger partial charge in [0.05, 0.1) is 6.61 Å². The normalized spacial score (nSPS) is 12.8. The summed E-state index contributed by atoms with van der Waals surface area (Å²) in [7, 11) is 0. The summed E-state index contributed by atoms with van der Waals surface area (Å²) in [5.74, 6) is 0.969. The van der Waals surface area contributed by atoms with Crippen LogP contribution in [0.15, 0.2) is 18.2 Å². The van der Waals surface area contributed by atoms with Crippen molar-refractivity contribution in [3.8, 4) is 5.75 Å². The van der Waals surface area contributed by atoms with E-state index in [1.54, 1.807) is 6.07 Å². The van der Waals surface area contributed by atoms with Crippen LogP contribution < -0.4 is 10.5 Å². The molecule has 2 nitrogen and oxygen atoms in total. The lowest BCUT2D eigenvalue weighted by Crippen LogP contribution is -2.22. The Hall–Kier alpha value is -1.09. The Morgan fingerprint density at radius 2 is 2.06 bits per heavy atom. The van der Waals surface area contributed by atoms with Crippen LogP contribution in [0.4, 0.5) is 4.39 Å². The van der Waals surface area contributed by atoms with Crippen LogP contribution in [0.25, 0.3) is 0 Å². The number of nitrogens with two attached hydrogens (primary N) is 1. The standard InChI is InChI=1S/C14H22FNO/c1-4-13(16)8-11-7-12(15)5-6-14(11)17-9-10(2)3/h5-7,10,13H,4,8-9,16H2,1-3H3. The average molecular weight is 239 g/mol. The first-order valence-electron chi connectivity index (χ1n) is 6.19. The predicted molar refractivity (Wildman–Crippen MR) is 68.7 cm³/mol. The second-order valence-electron chi connectivity index (χ2n) is 4.83. The molecule has 1 atom stereocenters. The van der Waals surface area contributed by atoms with Gasteiger partial charge in [-0.05, 0) is 42.5 Å². The van der Waals surface area contributed by atoms with Gasteiger partial charge in [0.1, 0.15) is 11.6 Å². The van der Waals surface area contributed by atoms with Crippen molar-refractivity contribution in [2.24, 2.45) is 11.7 Å². The molecule has 0 amide bonds. The summed E-state index contributed by atoms with van der Waals surface area (Å²) in [6, 6.07) is 4.69. The lowest BCUT2D eigenvalue weighted by atomic mass is 10.0. The van der Waals surface area contributed by atoms with Crippen LogP contribution in [0.1, 0.15) is 32.8 Å². The maximum atomic E-state index is 13.2. The Bertz CT molecular complexity index is 352. The highest BCUT2D eigenvalue weighted by molar-refractivity contribution is 5.34. The van der Waals surface area contributed by atoms with Crippen LogP contribution in [0.5, 0.6) is 5.75 Å². The van der Waals surface area contributed by atoms with Crippen LogP contribution >= 0.6 is 0 Å². The van der Waals surface area contributed by atoms with Gasteiger partial charge < -0.3 is 10.5 Å². The zero-order valence-corrected chi connectivity index (χ0v) is 10.9. The zero-order chi connectivity index (χ0) is 12.8. The molecule has 0 radical (unpaired) electrons. The Balaban J connectivity index is 2.79. The van der Waals surface area contributed by atoms with E-state index in [0.717, 1.165) is 17.7 Å². The highest BCUT2D eigenvalue weighted by Crippen LogP contribution is 2.22. The molecule has 0 aliphatic carbocycles. The third-order valence-corrected chi connectivity index (χ3v) is 2.60. The lowest BCUT2D eigenvalue weighted by Gasteiger charge is -2.15. The molecule has 0 fully saturated rings. The maximum Gasteiger partial charge on any atom is 0.123 e. The average Bonchev–Trinajstić information content (AvgIpc) is 2.27. The summed E-state index contributed by atoms with van der Waals surface area (Å²) < 4.78 is 18.9.